The summed E-state index contributed by atoms with van der Waals surface area (Å²) in [5, 5.41) is 1.96. The average molecular weight is 318 g/mol. The van der Waals surface area contributed by atoms with Gasteiger partial charge in [-0.2, -0.15) is 0 Å². The maximum Gasteiger partial charge on any atom is 0.319 e. The van der Waals surface area contributed by atoms with Crippen molar-refractivity contribution in [3.8, 4) is 11.1 Å². The lowest BCUT2D eigenvalue weighted by Crippen LogP contribution is -2.34. The molecule has 0 heterocycles. The number of carbonyl (C=O) groups excluding carboxylic acids is 2. The first-order valence-electron chi connectivity index (χ1n) is 6.29. The Morgan fingerprint density at radius 1 is 1.00 bits per heavy atom. The molecule has 0 aliphatic carbocycles. The lowest BCUT2D eigenvalue weighted by Gasteiger charge is -2.08. The number of amides is 3. The number of imide groups is 1. The largest absolute Gasteiger partial charge is 0.351 e. The lowest BCUT2D eigenvalue weighted by atomic mass is 10.0. The monoisotopic (exact) mass is 318 g/mol. The maximum atomic E-state index is 11.8. The van der Waals surface area contributed by atoms with E-state index < -0.39 is 21.8 Å². The van der Waals surface area contributed by atoms with Crippen molar-refractivity contribution in [1.82, 2.24) is 5.32 Å². The fourth-order valence-corrected chi connectivity index (χ4v) is 2.92. The Balaban J connectivity index is 2.40. The number of benzene rings is 2. The quantitative estimate of drug-likeness (QED) is 0.895. The van der Waals surface area contributed by atoms with Gasteiger partial charge in [-0.25, -0.2) is 13.2 Å². The molecule has 0 bridgehead atoms. The van der Waals surface area contributed by atoms with Crippen LogP contribution in [-0.4, -0.2) is 26.6 Å². The van der Waals surface area contributed by atoms with Crippen molar-refractivity contribution in [3.05, 3.63) is 54.1 Å². The molecule has 114 valence electrons. The van der Waals surface area contributed by atoms with Crippen molar-refractivity contribution >= 4 is 21.8 Å². The molecule has 0 saturated heterocycles. The lowest BCUT2D eigenvalue weighted by molar-refractivity contribution is 0.0966. The summed E-state index contributed by atoms with van der Waals surface area (Å²) in [5.41, 5.74) is 6.33. The summed E-state index contributed by atoms with van der Waals surface area (Å²) >= 11 is 0. The molecule has 2 aromatic carbocycles. The predicted octanol–water partition coefficient (Wildman–Crippen LogP) is 1.57. The molecule has 3 N–H and O–H groups in total. The summed E-state index contributed by atoms with van der Waals surface area (Å²) in [6, 6.07) is 11.9. The SMILES string of the molecule is CS(=O)(=O)c1ccccc1-c1ccc(C(=O)NC(N)=O)cc1. The van der Waals surface area contributed by atoms with Gasteiger partial charge in [0.15, 0.2) is 9.84 Å². The van der Waals surface area contributed by atoms with E-state index in [2.05, 4.69) is 0 Å². The highest BCUT2D eigenvalue weighted by atomic mass is 32.2. The van der Waals surface area contributed by atoms with Crippen LogP contribution in [0.3, 0.4) is 0 Å². The zero-order valence-electron chi connectivity index (χ0n) is 11.7. The minimum atomic E-state index is -3.36. The molecule has 0 aliphatic heterocycles. The van der Waals surface area contributed by atoms with Crippen LogP contribution in [0.2, 0.25) is 0 Å². The molecule has 0 atom stereocenters. The molecule has 0 unspecified atom stereocenters. The van der Waals surface area contributed by atoms with Crippen molar-refractivity contribution in [3.63, 3.8) is 0 Å². The highest BCUT2D eigenvalue weighted by Gasteiger charge is 2.14. The Morgan fingerprint density at radius 3 is 2.14 bits per heavy atom. The second-order valence-corrected chi connectivity index (χ2v) is 6.65. The first-order valence-corrected chi connectivity index (χ1v) is 8.18. The number of carbonyl (C=O) groups is 2. The average Bonchev–Trinajstić information content (AvgIpc) is 2.46. The van der Waals surface area contributed by atoms with Gasteiger partial charge < -0.3 is 5.73 Å². The Bertz CT molecular complexity index is 827. The second kappa shape index (κ2) is 5.98. The van der Waals surface area contributed by atoms with Gasteiger partial charge in [0, 0.05) is 17.4 Å². The van der Waals surface area contributed by atoms with Crippen LogP contribution in [0.4, 0.5) is 4.79 Å². The van der Waals surface area contributed by atoms with Gasteiger partial charge in [-0.3, -0.25) is 10.1 Å². The molecule has 0 spiro atoms. The van der Waals surface area contributed by atoms with E-state index in [0.717, 1.165) is 6.26 Å². The molecule has 0 aromatic heterocycles. The molecule has 0 fully saturated rings. The normalized spacial score (nSPS) is 11.0. The fourth-order valence-electron chi connectivity index (χ4n) is 2.01. The predicted molar refractivity (Wildman–Crippen MR) is 82.0 cm³/mol. The van der Waals surface area contributed by atoms with Gasteiger partial charge in [0.2, 0.25) is 0 Å². The van der Waals surface area contributed by atoms with E-state index in [9.17, 15) is 18.0 Å². The summed E-state index contributed by atoms with van der Waals surface area (Å²) in [6.07, 6.45) is 1.14. The maximum absolute atomic E-state index is 11.8. The molecule has 0 saturated carbocycles. The molecule has 0 radical (unpaired) electrons. The van der Waals surface area contributed by atoms with E-state index in [1.165, 1.54) is 18.2 Å². The standard InChI is InChI=1S/C15H14N2O4S/c1-22(20,21)13-5-3-2-4-12(13)10-6-8-11(9-7-10)14(18)17-15(16)19/h2-9H,1H3,(H3,16,17,18,19). The number of hydrogen-bond donors (Lipinski definition) is 2. The number of rotatable bonds is 3. The van der Waals surface area contributed by atoms with Crippen molar-refractivity contribution in [1.29, 1.82) is 0 Å². The Kier molecular flexibility index (Phi) is 4.27. The third-order valence-corrected chi connectivity index (χ3v) is 4.14. The first-order chi connectivity index (χ1) is 10.3. The van der Waals surface area contributed by atoms with Crippen molar-refractivity contribution in [2.24, 2.45) is 5.73 Å². The first kappa shape index (κ1) is 15.7. The number of sulfone groups is 1. The van der Waals surface area contributed by atoms with Gasteiger partial charge in [0.1, 0.15) is 0 Å². The zero-order chi connectivity index (χ0) is 16.3. The van der Waals surface area contributed by atoms with E-state index >= 15 is 0 Å². The molecule has 0 aliphatic rings. The van der Waals surface area contributed by atoms with Gasteiger partial charge in [-0.05, 0) is 23.8 Å². The van der Waals surface area contributed by atoms with Crippen LogP contribution in [0, 0.1) is 0 Å². The summed E-state index contributed by atoms with van der Waals surface area (Å²) in [4.78, 5) is 22.5. The third kappa shape index (κ3) is 3.50. The van der Waals surface area contributed by atoms with Gasteiger partial charge in [0.25, 0.3) is 5.91 Å². The summed E-state index contributed by atoms with van der Waals surface area (Å²) in [6.45, 7) is 0. The van der Waals surface area contributed by atoms with E-state index in [0.29, 0.717) is 11.1 Å². The van der Waals surface area contributed by atoms with Crippen LogP contribution >= 0.6 is 0 Å². The second-order valence-electron chi connectivity index (χ2n) is 4.66. The van der Waals surface area contributed by atoms with Crippen LogP contribution in [0.1, 0.15) is 10.4 Å². The smallest absolute Gasteiger partial charge is 0.319 e. The zero-order valence-corrected chi connectivity index (χ0v) is 12.6. The molecule has 3 amide bonds. The Labute approximate surface area is 127 Å². The molecule has 6 nitrogen and oxygen atoms in total. The van der Waals surface area contributed by atoms with E-state index in [4.69, 9.17) is 5.73 Å². The minimum Gasteiger partial charge on any atom is -0.351 e. The fraction of sp³-hybridized carbons (Fsp3) is 0.0667. The molecule has 2 aromatic rings. The number of nitrogens with two attached hydrogens (primary N) is 1. The van der Waals surface area contributed by atoms with Crippen LogP contribution in [0.25, 0.3) is 11.1 Å². The summed E-state index contributed by atoms with van der Waals surface area (Å²) in [7, 11) is -3.36. The van der Waals surface area contributed by atoms with Crippen LogP contribution < -0.4 is 11.1 Å². The highest BCUT2D eigenvalue weighted by Crippen LogP contribution is 2.27. The van der Waals surface area contributed by atoms with Crippen LogP contribution in [-0.2, 0) is 9.84 Å². The van der Waals surface area contributed by atoms with Crippen molar-refractivity contribution in [2.45, 2.75) is 4.90 Å². The van der Waals surface area contributed by atoms with Crippen LogP contribution in [0.5, 0.6) is 0 Å². The summed E-state index contributed by atoms with van der Waals surface area (Å²) < 4.78 is 23.6. The minimum absolute atomic E-state index is 0.212. The molecule has 7 heteroatoms. The number of hydrogen-bond acceptors (Lipinski definition) is 4. The molecular weight excluding hydrogens is 304 g/mol. The van der Waals surface area contributed by atoms with Crippen molar-refractivity contribution in [2.75, 3.05) is 6.26 Å². The molecule has 22 heavy (non-hydrogen) atoms. The third-order valence-electron chi connectivity index (χ3n) is 2.98. The molecule has 2 rings (SSSR count). The van der Waals surface area contributed by atoms with E-state index in [-0.39, 0.29) is 10.5 Å². The van der Waals surface area contributed by atoms with E-state index in [1.807, 2.05) is 5.32 Å². The number of primary amides is 1. The van der Waals surface area contributed by atoms with Gasteiger partial charge in [-0.15, -0.1) is 0 Å². The van der Waals surface area contributed by atoms with Gasteiger partial charge in [-0.1, -0.05) is 30.3 Å². The highest BCUT2D eigenvalue weighted by molar-refractivity contribution is 7.90. The topological polar surface area (TPSA) is 106 Å². The van der Waals surface area contributed by atoms with Crippen molar-refractivity contribution < 1.29 is 18.0 Å². The van der Waals surface area contributed by atoms with E-state index in [1.54, 1.807) is 30.3 Å². The molecular formula is C15H14N2O4S. The number of urea groups is 1. The van der Waals surface area contributed by atoms with Gasteiger partial charge >= 0.3 is 6.03 Å². The Morgan fingerprint density at radius 2 is 1.59 bits per heavy atom. The van der Waals surface area contributed by atoms with Crippen LogP contribution in [0.15, 0.2) is 53.4 Å². The number of nitrogens with one attached hydrogen (secondary N) is 1. The van der Waals surface area contributed by atoms with Gasteiger partial charge in [0.05, 0.1) is 4.90 Å². The Hall–Kier alpha value is -2.67. The summed E-state index contributed by atoms with van der Waals surface area (Å²) in [5.74, 6) is -0.615.